The Morgan fingerprint density at radius 1 is 0.733 bits per heavy atom. The molecule has 5 rings (SSSR count). The molecule has 2 aromatic rings. The highest BCUT2D eigenvalue weighted by atomic mass is 33.9. The molecule has 4 heteroatoms. The van der Waals surface area contributed by atoms with E-state index < -0.39 is 8.68 Å². The Balaban J connectivity index is 1.63. The highest BCUT2D eigenvalue weighted by Gasteiger charge is 2.54. The zero-order chi connectivity index (χ0) is 20.7. The van der Waals surface area contributed by atoms with Gasteiger partial charge in [-0.3, -0.25) is 0 Å². The van der Waals surface area contributed by atoms with Crippen LogP contribution in [0.15, 0.2) is 46.2 Å². The highest BCUT2D eigenvalue weighted by Crippen LogP contribution is 3.18. The van der Waals surface area contributed by atoms with E-state index in [0.717, 1.165) is 11.8 Å². The van der Waals surface area contributed by atoms with E-state index in [1.54, 1.807) is 20.9 Å². The maximum atomic E-state index is 3.30. The Kier molecular flexibility index (Phi) is 6.62. The van der Waals surface area contributed by atoms with Crippen LogP contribution in [0.2, 0.25) is 0 Å². The molecule has 3 fully saturated rings. The van der Waals surface area contributed by atoms with Gasteiger partial charge in [0.05, 0.1) is 0 Å². The fraction of sp³-hybridized carbons (Fsp3) is 0.538. The lowest BCUT2D eigenvalue weighted by molar-refractivity contribution is 0.438. The lowest BCUT2D eigenvalue weighted by Crippen LogP contribution is -2.09. The fourth-order valence-corrected chi connectivity index (χ4v) is 27.2. The molecule has 30 heavy (non-hydrogen) atoms. The van der Waals surface area contributed by atoms with Crippen LogP contribution in [-0.2, 0) is 0 Å². The highest BCUT2D eigenvalue weighted by molar-refractivity contribution is 9.61. The zero-order valence-electron chi connectivity index (χ0n) is 18.5. The number of rotatable bonds is 4. The van der Waals surface area contributed by atoms with Crippen LogP contribution < -0.4 is 0 Å². The summed E-state index contributed by atoms with van der Waals surface area (Å²) in [5, 5.41) is 0. The van der Waals surface area contributed by atoms with Gasteiger partial charge < -0.3 is 0 Å². The van der Waals surface area contributed by atoms with E-state index in [1.165, 1.54) is 75.3 Å². The van der Waals surface area contributed by atoms with E-state index in [9.17, 15) is 0 Å². The normalized spacial score (nSPS) is 25.8. The van der Waals surface area contributed by atoms with Gasteiger partial charge in [0.1, 0.15) is 0 Å². The van der Waals surface area contributed by atoms with Gasteiger partial charge in [-0.2, -0.15) is 0 Å². The molecule has 2 aliphatic carbocycles. The Bertz CT molecular complexity index is 846. The van der Waals surface area contributed by atoms with Crippen LogP contribution >= 0.6 is 34.0 Å². The topological polar surface area (TPSA) is 0 Å². The quantitative estimate of drug-likeness (QED) is 0.241. The van der Waals surface area contributed by atoms with E-state index in [4.69, 9.17) is 0 Å². The van der Waals surface area contributed by atoms with E-state index in [0.29, 0.717) is 0 Å². The zero-order valence-corrected chi connectivity index (χ0v) is 22.2. The number of hydrogen-bond acceptors (Lipinski definition) is 1. The third-order valence-corrected chi connectivity index (χ3v) is 27.1. The summed E-state index contributed by atoms with van der Waals surface area (Å²) in [4.78, 5) is 3.49. The van der Waals surface area contributed by atoms with Gasteiger partial charge in [0, 0.05) is 15.8 Å². The Labute approximate surface area is 191 Å². The predicted molar refractivity (Wildman–Crippen MR) is 142 cm³/mol. The van der Waals surface area contributed by atoms with Gasteiger partial charge in [0.15, 0.2) is 0 Å². The lowest BCUT2D eigenvalue weighted by Gasteiger charge is -2.33. The second kappa shape index (κ2) is 9.09. The van der Waals surface area contributed by atoms with Crippen molar-refractivity contribution in [3.8, 4) is 0 Å². The molecule has 0 aromatic heterocycles. The van der Waals surface area contributed by atoms with Gasteiger partial charge >= 0.3 is 0 Å². The number of hydrogen-bond donors (Lipinski definition) is 0. The minimum absolute atomic E-state index is 0.0477. The van der Waals surface area contributed by atoms with E-state index in [1.807, 2.05) is 0 Å². The molecule has 0 amide bonds. The fourth-order valence-electron chi connectivity index (χ4n) is 5.79. The SMILES string of the molecule is Cc1ccc(S2(c3ccc(C)cc3C3CCCCC3)SP2P)c(C2CCCCC2)c1. The summed E-state index contributed by atoms with van der Waals surface area (Å²) in [5.41, 5.74) is 6.34. The van der Waals surface area contributed by atoms with Gasteiger partial charge in [-0.25, -0.2) is 0 Å². The third kappa shape index (κ3) is 4.05. The molecule has 2 atom stereocenters. The van der Waals surface area contributed by atoms with Gasteiger partial charge in [-0.15, -0.1) is 0 Å². The smallest absolute Gasteiger partial charge is 0.0421 e. The van der Waals surface area contributed by atoms with Crippen LogP contribution in [-0.4, -0.2) is 0 Å². The molecule has 2 saturated carbocycles. The molecule has 3 aliphatic rings. The van der Waals surface area contributed by atoms with E-state index in [2.05, 4.69) is 69.6 Å². The first-order chi connectivity index (χ1) is 14.6. The standard InChI is InChI=1S/C26H36P2S2/c1-19-13-15-25(23(17-19)21-9-5-3-6-10-21)30(28(27)29-30)26-16-14-20(2)18-24(26)22-11-7-4-8-12-22/h13-18,21-22H,3-12,27H2,1-2H3. The number of benzene rings is 2. The average molecular weight is 475 g/mol. The largest absolute Gasteiger partial charge is 0.0981 e. The summed E-state index contributed by atoms with van der Waals surface area (Å²) >= 11 is 0. The minimum atomic E-state index is -0.917. The Morgan fingerprint density at radius 3 is 1.50 bits per heavy atom. The molecule has 0 spiro atoms. The van der Waals surface area contributed by atoms with Crippen LogP contribution in [0, 0.1) is 13.8 Å². The summed E-state index contributed by atoms with van der Waals surface area (Å²) in [6.45, 7) is 4.59. The van der Waals surface area contributed by atoms with Crippen LogP contribution in [0.25, 0.3) is 0 Å². The van der Waals surface area contributed by atoms with Gasteiger partial charge in [-0.1, -0.05) is 102 Å². The molecule has 0 nitrogen and oxygen atoms in total. The molecular formula is C26H36P2S2. The van der Waals surface area contributed by atoms with Crippen LogP contribution in [0.3, 0.4) is 0 Å². The summed E-state index contributed by atoms with van der Waals surface area (Å²) in [6.07, 6.45) is 14.1. The summed E-state index contributed by atoms with van der Waals surface area (Å²) in [6, 6.07) is 15.0. The molecular weight excluding hydrogens is 438 g/mol. The third-order valence-electron chi connectivity index (χ3n) is 7.43. The Morgan fingerprint density at radius 2 is 1.13 bits per heavy atom. The Hall–Kier alpha value is -0.000000000000000111. The molecule has 2 aromatic carbocycles. The van der Waals surface area contributed by atoms with Crippen molar-refractivity contribution in [2.45, 2.75) is 99.7 Å². The second-order valence-corrected chi connectivity index (χ2v) is 24.8. The minimum Gasteiger partial charge on any atom is -0.0981 e. The predicted octanol–water partition coefficient (Wildman–Crippen LogP) is 10.4. The molecule has 0 N–H and O–H groups in total. The first kappa shape index (κ1) is 21.8. The van der Waals surface area contributed by atoms with Gasteiger partial charge in [-0.05, 0) is 74.6 Å². The van der Waals surface area contributed by atoms with Crippen molar-refractivity contribution in [3.63, 3.8) is 0 Å². The molecule has 1 heterocycles. The van der Waals surface area contributed by atoms with Gasteiger partial charge in [0.25, 0.3) is 0 Å². The van der Waals surface area contributed by atoms with E-state index >= 15 is 0 Å². The molecule has 1 aliphatic heterocycles. The van der Waals surface area contributed by atoms with Crippen molar-refractivity contribution < 1.29 is 0 Å². The van der Waals surface area contributed by atoms with Crippen LogP contribution in [0.1, 0.15) is 98.3 Å². The molecule has 0 radical (unpaired) electrons. The summed E-state index contributed by atoms with van der Waals surface area (Å²) in [7, 11) is 4.70. The van der Waals surface area contributed by atoms with Crippen molar-refractivity contribution >= 4 is 34.0 Å². The molecule has 0 bridgehead atoms. The maximum absolute atomic E-state index is 3.30. The van der Waals surface area contributed by atoms with Crippen molar-refractivity contribution in [3.05, 3.63) is 58.7 Å². The van der Waals surface area contributed by atoms with Crippen molar-refractivity contribution in [2.75, 3.05) is 0 Å². The van der Waals surface area contributed by atoms with Crippen LogP contribution in [0.4, 0.5) is 0 Å². The number of aryl methyl sites for hydroxylation is 2. The van der Waals surface area contributed by atoms with Crippen molar-refractivity contribution in [2.24, 2.45) is 0 Å². The molecule has 1 saturated heterocycles. The molecule has 162 valence electrons. The monoisotopic (exact) mass is 474 g/mol. The average Bonchev–Trinajstić information content (AvgIpc) is 3.46. The summed E-state index contributed by atoms with van der Waals surface area (Å²) in [5.74, 6) is 1.58. The first-order valence-electron chi connectivity index (χ1n) is 11.9. The first-order valence-corrected chi connectivity index (χ1v) is 19.0. The van der Waals surface area contributed by atoms with Gasteiger partial charge in [0.2, 0.25) is 0 Å². The van der Waals surface area contributed by atoms with Crippen LogP contribution in [0.5, 0.6) is 0 Å². The van der Waals surface area contributed by atoms with E-state index in [-0.39, 0.29) is 6.01 Å². The second-order valence-electron chi connectivity index (χ2n) is 9.64. The van der Waals surface area contributed by atoms with Crippen molar-refractivity contribution in [1.82, 2.24) is 0 Å². The maximum Gasteiger partial charge on any atom is 0.0421 e. The summed E-state index contributed by atoms with van der Waals surface area (Å²) < 4.78 is 0. The van der Waals surface area contributed by atoms with Crippen molar-refractivity contribution in [1.29, 1.82) is 0 Å². The molecule has 2 unspecified atom stereocenters. The lowest BCUT2D eigenvalue weighted by atomic mass is 9.83.